The first-order valence-electron chi connectivity index (χ1n) is 10.5. The summed E-state index contributed by atoms with van der Waals surface area (Å²) in [6.45, 7) is 4.86. The van der Waals surface area contributed by atoms with Crippen LogP contribution < -0.4 is 14.8 Å². The van der Waals surface area contributed by atoms with Gasteiger partial charge in [0, 0.05) is 5.39 Å². The summed E-state index contributed by atoms with van der Waals surface area (Å²) in [7, 11) is 0. The van der Waals surface area contributed by atoms with Crippen molar-refractivity contribution in [1.29, 1.82) is 0 Å². The van der Waals surface area contributed by atoms with Crippen molar-refractivity contribution in [2.45, 2.75) is 39.8 Å². The number of carboxylic acid groups (broad SMARTS) is 1. The van der Waals surface area contributed by atoms with Crippen LogP contribution in [0.4, 0.5) is 17.6 Å². The number of alkyl halides is 3. The fourth-order valence-corrected chi connectivity index (χ4v) is 3.41. The van der Waals surface area contributed by atoms with Gasteiger partial charge >= 0.3 is 12.3 Å². The molecule has 0 aromatic heterocycles. The number of fused-ring (bicyclic) bond motifs is 1. The van der Waals surface area contributed by atoms with Gasteiger partial charge in [0.2, 0.25) is 0 Å². The van der Waals surface area contributed by atoms with Crippen LogP contribution >= 0.6 is 0 Å². The van der Waals surface area contributed by atoms with E-state index in [1.54, 1.807) is 20.8 Å². The van der Waals surface area contributed by atoms with E-state index in [0.717, 1.165) is 12.1 Å². The van der Waals surface area contributed by atoms with Crippen LogP contribution in [0.5, 0.6) is 11.5 Å². The maximum absolute atomic E-state index is 13.7. The van der Waals surface area contributed by atoms with Gasteiger partial charge in [-0.3, -0.25) is 4.79 Å². The van der Waals surface area contributed by atoms with Gasteiger partial charge < -0.3 is 19.9 Å². The van der Waals surface area contributed by atoms with E-state index < -0.39 is 41.3 Å². The largest absolute Gasteiger partial charge is 0.573 e. The van der Waals surface area contributed by atoms with Gasteiger partial charge in [0.15, 0.2) is 0 Å². The van der Waals surface area contributed by atoms with E-state index >= 15 is 0 Å². The summed E-state index contributed by atoms with van der Waals surface area (Å²) in [4.78, 5) is 24.8. The molecule has 0 aliphatic carbocycles. The fraction of sp³-hybridized carbons (Fsp3) is 0.280. The van der Waals surface area contributed by atoms with Crippen LogP contribution in [0.2, 0.25) is 0 Å². The number of benzene rings is 3. The lowest BCUT2D eigenvalue weighted by molar-refractivity contribution is -0.274. The molecule has 0 fully saturated rings. The Balaban J connectivity index is 1.93. The molecule has 0 saturated heterocycles. The Morgan fingerprint density at radius 2 is 1.66 bits per heavy atom. The van der Waals surface area contributed by atoms with E-state index in [1.807, 2.05) is 0 Å². The van der Waals surface area contributed by atoms with E-state index in [4.69, 9.17) is 4.74 Å². The first kappa shape index (κ1) is 25.8. The second kappa shape index (κ2) is 9.81. The van der Waals surface area contributed by atoms with Crippen molar-refractivity contribution in [1.82, 2.24) is 5.32 Å². The number of hydrogen-bond donors (Lipinski definition) is 2. The number of carboxylic acids is 1. The van der Waals surface area contributed by atoms with Crippen molar-refractivity contribution in [3.05, 3.63) is 71.5 Å². The predicted molar refractivity (Wildman–Crippen MR) is 120 cm³/mol. The number of carbonyl (C=O) groups excluding carboxylic acids is 1. The molecule has 0 aliphatic heterocycles. The number of rotatable bonds is 7. The van der Waals surface area contributed by atoms with Gasteiger partial charge in [0.05, 0.1) is 5.56 Å². The Hall–Kier alpha value is -3.82. The lowest BCUT2D eigenvalue weighted by Gasteiger charge is -2.28. The molecule has 3 rings (SSSR count). The molecule has 3 aromatic rings. The van der Waals surface area contributed by atoms with Crippen LogP contribution in [0.1, 0.15) is 36.7 Å². The SMILES string of the molecule is CC(C)(C)C(NC(=O)c1ccc2cc(F)ccc2c1OCc1ccc(OC(F)(F)F)cc1)C(=O)O. The average Bonchev–Trinajstić information content (AvgIpc) is 2.74. The third kappa shape index (κ3) is 6.62. The van der Waals surface area contributed by atoms with Crippen molar-refractivity contribution in [3.63, 3.8) is 0 Å². The van der Waals surface area contributed by atoms with E-state index in [1.165, 1.54) is 42.5 Å². The van der Waals surface area contributed by atoms with Crippen LogP contribution in [0.3, 0.4) is 0 Å². The highest BCUT2D eigenvalue weighted by molar-refractivity contribution is 6.05. The number of ether oxygens (including phenoxy) is 2. The first-order chi connectivity index (χ1) is 16.2. The lowest BCUT2D eigenvalue weighted by atomic mass is 9.86. The zero-order chi connectivity index (χ0) is 26.0. The van der Waals surface area contributed by atoms with Crippen molar-refractivity contribution in [2.24, 2.45) is 5.41 Å². The number of carbonyl (C=O) groups is 2. The van der Waals surface area contributed by atoms with Crippen molar-refractivity contribution >= 4 is 22.6 Å². The summed E-state index contributed by atoms with van der Waals surface area (Å²) in [5, 5.41) is 12.9. The van der Waals surface area contributed by atoms with Gasteiger partial charge in [-0.2, -0.15) is 0 Å². The number of aliphatic carboxylic acids is 1. The Bertz CT molecular complexity index is 1230. The summed E-state index contributed by atoms with van der Waals surface area (Å²) in [5.41, 5.74) is -0.289. The molecular weight excluding hydrogens is 470 g/mol. The predicted octanol–water partition coefficient (Wildman–Crippen LogP) is 5.69. The zero-order valence-corrected chi connectivity index (χ0v) is 19.1. The van der Waals surface area contributed by atoms with Gasteiger partial charge in [0.1, 0.15) is 30.0 Å². The summed E-state index contributed by atoms with van der Waals surface area (Å²) < 4.78 is 60.6. The van der Waals surface area contributed by atoms with Crippen LogP contribution in [-0.2, 0) is 11.4 Å². The van der Waals surface area contributed by atoms with Gasteiger partial charge in [-0.1, -0.05) is 39.0 Å². The molecule has 186 valence electrons. The molecule has 1 atom stereocenters. The van der Waals surface area contributed by atoms with Crippen LogP contribution in [0.25, 0.3) is 10.8 Å². The van der Waals surface area contributed by atoms with Crippen LogP contribution in [0.15, 0.2) is 54.6 Å². The summed E-state index contributed by atoms with van der Waals surface area (Å²) >= 11 is 0. The number of halogens is 4. The number of nitrogens with one attached hydrogen (secondary N) is 1. The Morgan fingerprint density at radius 3 is 2.23 bits per heavy atom. The Morgan fingerprint density at radius 1 is 1.00 bits per heavy atom. The molecule has 0 saturated carbocycles. The third-order valence-electron chi connectivity index (χ3n) is 5.11. The third-order valence-corrected chi connectivity index (χ3v) is 5.11. The zero-order valence-electron chi connectivity index (χ0n) is 19.1. The number of hydrogen-bond acceptors (Lipinski definition) is 4. The lowest BCUT2D eigenvalue weighted by Crippen LogP contribution is -2.49. The molecule has 0 aliphatic rings. The highest BCUT2D eigenvalue weighted by Crippen LogP contribution is 2.32. The molecule has 10 heteroatoms. The first-order valence-corrected chi connectivity index (χ1v) is 10.5. The van der Waals surface area contributed by atoms with Gasteiger partial charge in [-0.05, 0) is 52.8 Å². The Labute approximate surface area is 198 Å². The summed E-state index contributed by atoms with van der Waals surface area (Å²) in [6, 6.07) is 10.6. The molecule has 1 amide bonds. The molecular formula is C25H23F4NO5. The quantitative estimate of drug-likeness (QED) is 0.414. The molecule has 1 unspecified atom stereocenters. The summed E-state index contributed by atoms with van der Waals surface area (Å²) in [6.07, 6.45) is -4.82. The summed E-state index contributed by atoms with van der Waals surface area (Å²) in [5.74, 6) is -2.74. The second-order valence-corrected chi connectivity index (χ2v) is 8.90. The normalized spacial score (nSPS) is 12.8. The average molecular weight is 493 g/mol. The molecule has 0 spiro atoms. The standard InChI is InChI=1S/C25H23F4NO5/c1-24(2,3)21(23(32)33)30-22(31)19-10-6-15-12-16(26)7-11-18(15)20(19)34-13-14-4-8-17(9-5-14)35-25(27,28)29/h4-12,21H,13H2,1-3H3,(H,30,31)(H,32,33). The smallest absolute Gasteiger partial charge is 0.487 e. The van der Waals surface area contributed by atoms with E-state index in [-0.39, 0.29) is 17.9 Å². The number of amides is 1. The fourth-order valence-electron chi connectivity index (χ4n) is 3.41. The minimum Gasteiger partial charge on any atom is -0.487 e. The molecule has 0 bridgehead atoms. The minimum atomic E-state index is -4.82. The van der Waals surface area contributed by atoms with Crippen LogP contribution in [0, 0.1) is 11.2 Å². The highest BCUT2D eigenvalue weighted by atomic mass is 19.4. The molecule has 0 radical (unpaired) electrons. The van der Waals surface area contributed by atoms with Crippen molar-refractivity contribution < 1.29 is 41.7 Å². The molecule has 3 aromatic carbocycles. The molecule has 2 N–H and O–H groups in total. The van der Waals surface area contributed by atoms with E-state index in [0.29, 0.717) is 16.3 Å². The monoisotopic (exact) mass is 493 g/mol. The van der Waals surface area contributed by atoms with Crippen molar-refractivity contribution in [2.75, 3.05) is 0 Å². The second-order valence-electron chi connectivity index (χ2n) is 8.90. The van der Waals surface area contributed by atoms with E-state index in [2.05, 4.69) is 10.1 Å². The molecule has 0 heterocycles. The van der Waals surface area contributed by atoms with Gasteiger partial charge in [-0.15, -0.1) is 13.2 Å². The van der Waals surface area contributed by atoms with Gasteiger partial charge in [-0.25, -0.2) is 9.18 Å². The topological polar surface area (TPSA) is 84.9 Å². The van der Waals surface area contributed by atoms with E-state index in [9.17, 15) is 32.3 Å². The minimum absolute atomic E-state index is 0.0247. The maximum atomic E-state index is 13.7. The van der Waals surface area contributed by atoms with Gasteiger partial charge in [0.25, 0.3) is 5.91 Å². The van der Waals surface area contributed by atoms with Crippen LogP contribution in [-0.4, -0.2) is 29.4 Å². The Kier molecular flexibility index (Phi) is 7.23. The maximum Gasteiger partial charge on any atom is 0.573 e. The highest BCUT2D eigenvalue weighted by Gasteiger charge is 2.34. The molecule has 6 nitrogen and oxygen atoms in total. The van der Waals surface area contributed by atoms with Crippen molar-refractivity contribution in [3.8, 4) is 11.5 Å². The molecule has 35 heavy (non-hydrogen) atoms.